The van der Waals surface area contributed by atoms with Gasteiger partial charge in [0.2, 0.25) is 0 Å². The first-order valence-electron chi connectivity index (χ1n) is 8.18. The van der Waals surface area contributed by atoms with Crippen LogP contribution in [0.15, 0.2) is 64.2 Å². The van der Waals surface area contributed by atoms with Gasteiger partial charge >= 0.3 is 0 Å². The molecule has 27 heavy (non-hydrogen) atoms. The van der Waals surface area contributed by atoms with E-state index in [0.29, 0.717) is 0 Å². The van der Waals surface area contributed by atoms with Crippen LogP contribution in [0.2, 0.25) is 0 Å². The Kier molecular flexibility index (Phi) is 4.85. The van der Waals surface area contributed by atoms with Crippen LogP contribution in [-0.4, -0.2) is 14.1 Å². The Hall–Kier alpha value is -3.74. The molecule has 0 aliphatic heterocycles. The Morgan fingerprint density at radius 1 is 0.815 bits per heavy atom. The molecule has 0 unspecified atom stereocenters. The number of nitro groups is 1. The molecule has 1 heterocycles. The van der Waals surface area contributed by atoms with E-state index in [9.17, 15) is 19.7 Å². The van der Waals surface area contributed by atoms with Crippen molar-refractivity contribution in [2.75, 3.05) is 0 Å². The van der Waals surface area contributed by atoms with E-state index in [0.717, 1.165) is 5.56 Å². The molecule has 0 bridgehead atoms. The van der Waals surface area contributed by atoms with Crippen LogP contribution in [-0.2, 0) is 14.1 Å². The minimum absolute atomic E-state index is 0.0713. The summed E-state index contributed by atoms with van der Waals surface area (Å²) in [4.78, 5) is 36.3. The second-order valence-electron chi connectivity index (χ2n) is 6.01. The number of aromatic nitrogens is 2. The van der Waals surface area contributed by atoms with Crippen LogP contribution in [0.5, 0.6) is 0 Å². The van der Waals surface area contributed by atoms with E-state index < -0.39 is 10.5 Å². The molecule has 0 saturated carbocycles. The van der Waals surface area contributed by atoms with Crippen molar-refractivity contribution < 1.29 is 4.92 Å². The second-order valence-corrected chi connectivity index (χ2v) is 6.01. The molecule has 0 N–H and O–H groups in total. The first kappa shape index (κ1) is 18.1. The zero-order chi connectivity index (χ0) is 19.6. The fourth-order valence-corrected chi connectivity index (χ4v) is 2.80. The number of hydrogen-bond donors (Lipinski definition) is 0. The monoisotopic (exact) mass is 363 g/mol. The maximum atomic E-state index is 12.8. The fourth-order valence-electron chi connectivity index (χ4n) is 2.80. The summed E-state index contributed by atoms with van der Waals surface area (Å²) in [5, 5.41) is 11.5. The highest BCUT2D eigenvalue weighted by Crippen LogP contribution is 2.17. The average Bonchev–Trinajstić information content (AvgIpc) is 2.68. The van der Waals surface area contributed by atoms with Gasteiger partial charge in [-0.2, -0.15) is 0 Å². The number of para-hydroxylation sites is 1. The van der Waals surface area contributed by atoms with E-state index in [1.165, 1.54) is 41.4 Å². The summed E-state index contributed by atoms with van der Waals surface area (Å²) < 4.78 is 2.48. The molecule has 0 spiro atoms. The Morgan fingerprint density at radius 2 is 1.33 bits per heavy atom. The number of benzene rings is 2. The molecule has 136 valence electrons. The highest BCUT2D eigenvalue weighted by Gasteiger charge is 2.12. The first-order valence-corrected chi connectivity index (χ1v) is 8.18. The molecule has 0 saturated heterocycles. The standard InChI is InChI=1S/C20H17N3O4/c1-21-17(12-14-8-4-3-5-9-14)19(24)22(2)18(20(21)25)13-15-10-6-7-11-16(15)23(26)27/h3-13H,1-2H3. The number of nitrogens with zero attached hydrogens (tertiary/aromatic N) is 3. The van der Waals surface area contributed by atoms with Crippen molar-refractivity contribution in [3.63, 3.8) is 0 Å². The van der Waals surface area contributed by atoms with Gasteiger partial charge in [0.15, 0.2) is 0 Å². The average molecular weight is 363 g/mol. The lowest BCUT2D eigenvalue weighted by atomic mass is 10.1. The van der Waals surface area contributed by atoms with Crippen LogP contribution in [0.4, 0.5) is 5.69 Å². The molecular formula is C20H17N3O4. The van der Waals surface area contributed by atoms with Gasteiger partial charge in [-0.1, -0.05) is 42.5 Å². The van der Waals surface area contributed by atoms with Crippen LogP contribution >= 0.6 is 0 Å². The Labute approximate surface area is 153 Å². The zero-order valence-corrected chi connectivity index (χ0v) is 14.8. The van der Waals surface area contributed by atoms with Crippen molar-refractivity contribution in [1.82, 2.24) is 9.13 Å². The van der Waals surface area contributed by atoms with Crippen LogP contribution in [0, 0.1) is 10.1 Å². The Balaban J connectivity index is 2.34. The van der Waals surface area contributed by atoms with Crippen molar-refractivity contribution in [1.29, 1.82) is 0 Å². The molecule has 7 nitrogen and oxygen atoms in total. The topological polar surface area (TPSA) is 87.1 Å². The lowest BCUT2D eigenvalue weighted by Gasteiger charge is -2.05. The van der Waals surface area contributed by atoms with Crippen molar-refractivity contribution >= 4 is 17.8 Å². The van der Waals surface area contributed by atoms with Crippen LogP contribution in [0.3, 0.4) is 0 Å². The summed E-state index contributed by atoms with van der Waals surface area (Å²) in [6.45, 7) is 0. The predicted octanol–water partition coefficient (Wildman–Crippen LogP) is 0.650. The predicted molar refractivity (Wildman–Crippen MR) is 103 cm³/mol. The highest BCUT2D eigenvalue weighted by atomic mass is 16.6. The van der Waals surface area contributed by atoms with E-state index in [1.807, 2.05) is 30.3 Å². The summed E-state index contributed by atoms with van der Waals surface area (Å²) in [5.41, 5.74) is 0.129. The van der Waals surface area contributed by atoms with Gasteiger partial charge in [0.25, 0.3) is 16.8 Å². The molecule has 0 aliphatic carbocycles. The largest absolute Gasteiger partial charge is 0.305 e. The smallest absolute Gasteiger partial charge is 0.276 e. The lowest BCUT2D eigenvalue weighted by Crippen LogP contribution is -2.56. The fraction of sp³-hybridized carbons (Fsp3) is 0.100. The summed E-state index contributed by atoms with van der Waals surface area (Å²) >= 11 is 0. The summed E-state index contributed by atoms with van der Waals surface area (Å²) in [7, 11) is 2.99. The van der Waals surface area contributed by atoms with E-state index in [1.54, 1.807) is 18.2 Å². The molecule has 3 aromatic rings. The van der Waals surface area contributed by atoms with Gasteiger partial charge in [-0.3, -0.25) is 19.7 Å². The normalized spacial score (nSPS) is 12.4. The molecule has 2 aromatic carbocycles. The quantitative estimate of drug-likeness (QED) is 0.505. The maximum Gasteiger partial charge on any atom is 0.276 e. The van der Waals surface area contributed by atoms with Crippen molar-refractivity contribution in [3.8, 4) is 0 Å². The van der Waals surface area contributed by atoms with E-state index >= 15 is 0 Å². The second kappa shape index (κ2) is 7.25. The van der Waals surface area contributed by atoms with Crippen molar-refractivity contribution in [3.05, 3.63) is 107 Å². The molecule has 0 amide bonds. The van der Waals surface area contributed by atoms with Gasteiger partial charge in [-0.25, -0.2) is 0 Å². The molecule has 3 rings (SSSR count). The highest BCUT2D eigenvalue weighted by molar-refractivity contribution is 5.60. The molecule has 7 heteroatoms. The summed E-state index contributed by atoms with van der Waals surface area (Å²) in [6.07, 6.45) is 3.01. The number of hydrogen-bond acceptors (Lipinski definition) is 4. The third-order valence-corrected chi connectivity index (χ3v) is 4.30. The van der Waals surface area contributed by atoms with E-state index in [4.69, 9.17) is 0 Å². The first-order chi connectivity index (χ1) is 12.9. The van der Waals surface area contributed by atoms with E-state index in [2.05, 4.69) is 0 Å². The van der Waals surface area contributed by atoms with Crippen LogP contribution < -0.4 is 21.8 Å². The SMILES string of the molecule is Cn1c(=O)c(=Cc2ccccc2[N+](=O)[O-])n(C)c(=O)c1=Cc1ccccc1. The van der Waals surface area contributed by atoms with Crippen molar-refractivity contribution in [2.45, 2.75) is 0 Å². The van der Waals surface area contributed by atoms with Gasteiger partial charge < -0.3 is 9.13 Å². The minimum Gasteiger partial charge on any atom is -0.305 e. The third kappa shape index (κ3) is 3.48. The lowest BCUT2D eigenvalue weighted by molar-refractivity contribution is -0.385. The van der Waals surface area contributed by atoms with Crippen LogP contribution in [0.1, 0.15) is 11.1 Å². The minimum atomic E-state index is -0.522. The molecule has 1 aromatic heterocycles. The van der Waals surface area contributed by atoms with Crippen LogP contribution in [0.25, 0.3) is 12.2 Å². The molecule has 0 aliphatic rings. The van der Waals surface area contributed by atoms with Gasteiger partial charge in [0.1, 0.15) is 10.7 Å². The number of rotatable bonds is 3. The summed E-state index contributed by atoms with van der Waals surface area (Å²) in [5.74, 6) is 0. The van der Waals surface area contributed by atoms with Crippen molar-refractivity contribution in [2.24, 2.45) is 14.1 Å². The van der Waals surface area contributed by atoms with Gasteiger partial charge in [-0.15, -0.1) is 0 Å². The Bertz CT molecular complexity index is 1260. The summed E-state index contributed by atoms with van der Waals surface area (Å²) in [6, 6.07) is 15.3. The van der Waals surface area contributed by atoms with E-state index in [-0.39, 0.29) is 27.5 Å². The molecule has 0 atom stereocenters. The van der Waals surface area contributed by atoms with Gasteiger partial charge in [0, 0.05) is 20.2 Å². The molecular weight excluding hydrogens is 346 g/mol. The molecule has 0 fully saturated rings. The van der Waals surface area contributed by atoms with Gasteiger partial charge in [0.05, 0.1) is 10.5 Å². The third-order valence-electron chi connectivity index (χ3n) is 4.30. The Morgan fingerprint density at radius 3 is 1.93 bits per heavy atom. The molecule has 0 radical (unpaired) electrons. The van der Waals surface area contributed by atoms with Gasteiger partial charge in [-0.05, 0) is 23.8 Å². The zero-order valence-electron chi connectivity index (χ0n) is 14.8. The number of nitro benzene ring substituents is 1. The maximum absolute atomic E-state index is 12.8.